The molecule has 2 unspecified atom stereocenters. The number of hydrogen-bond donors (Lipinski definition) is 1. The Hall–Kier alpha value is -0.0800. The summed E-state index contributed by atoms with van der Waals surface area (Å²) in [5, 5.41) is 3.64. The zero-order chi connectivity index (χ0) is 12.7. The highest BCUT2D eigenvalue weighted by Gasteiger charge is 2.14. The van der Waals surface area contributed by atoms with Crippen LogP contribution in [-0.4, -0.2) is 37.1 Å². The third-order valence-electron chi connectivity index (χ3n) is 4.04. The predicted octanol–water partition coefficient (Wildman–Crippen LogP) is 3.28. The summed E-state index contributed by atoms with van der Waals surface area (Å²) in [6.07, 6.45) is 8.22. The van der Waals surface area contributed by atoms with E-state index in [0.717, 1.165) is 18.0 Å². The van der Waals surface area contributed by atoms with Crippen LogP contribution in [0.1, 0.15) is 59.3 Å². The van der Waals surface area contributed by atoms with Gasteiger partial charge in [-0.25, -0.2) is 0 Å². The van der Waals surface area contributed by atoms with E-state index < -0.39 is 0 Å². The molecule has 0 spiro atoms. The van der Waals surface area contributed by atoms with Crippen LogP contribution in [0.4, 0.5) is 0 Å². The van der Waals surface area contributed by atoms with Crippen molar-refractivity contribution in [2.24, 2.45) is 5.92 Å². The van der Waals surface area contributed by atoms with Crippen molar-refractivity contribution in [1.82, 2.24) is 10.2 Å². The number of rotatable bonds is 7. The monoisotopic (exact) mass is 240 g/mol. The van der Waals surface area contributed by atoms with Crippen LogP contribution in [0.15, 0.2) is 0 Å². The molecule has 1 aliphatic heterocycles. The minimum atomic E-state index is 0.731. The van der Waals surface area contributed by atoms with Crippen molar-refractivity contribution in [2.45, 2.75) is 71.4 Å². The van der Waals surface area contributed by atoms with Gasteiger partial charge in [0.2, 0.25) is 0 Å². The van der Waals surface area contributed by atoms with Gasteiger partial charge in [-0.3, -0.25) is 0 Å². The fraction of sp³-hybridized carbons (Fsp3) is 1.00. The molecule has 0 aromatic heterocycles. The second-order valence-corrected chi connectivity index (χ2v) is 6.25. The van der Waals surface area contributed by atoms with Gasteiger partial charge in [-0.05, 0) is 65.1 Å². The Labute approximate surface area is 108 Å². The molecule has 1 N–H and O–H groups in total. The van der Waals surface area contributed by atoms with Crippen LogP contribution in [0.3, 0.4) is 0 Å². The van der Waals surface area contributed by atoms with E-state index in [4.69, 9.17) is 0 Å². The van der Waals surface area contributed by atoms with Gasteiger partial charge in [0.1, 0.15) is 0 Å². The van der Waals surface area contributed by atoms with Crippen LogP contribution in [0, 0.1) is 5.92 Å². The molecule has 102 valence electrons. The first kappa shape index (κ1) is 15.0. The predicted molar refractivity (Wildman–Crippen MR) is 76.4 cm³/mol. The molecule has 0 aliphatic carbocycles. The largest absolute Gasteiger partial charge is 0.314 e. The van der Waals surface area contributed by atoms with E-state index in [-0.39, 0.29) is 0 Å². The SMILES string of the molecule is CC(C)CC(C)N(C)CCCC1CCCCN1. The molecular weight excluding hydrogens is 208 g/mol. The molecule has 2 nitrogen and oxygen atoms in total. The first-order valence-electron chi connectivity index (χ1n) is 7.53. The van der Waals surface area contributed by atoms with Gasteiger partial charge in [0, 0.05) is 12.1 Å². The van der Waals surface area contributed by atoms with Crippen molar-refractivity contribution in [3.63, 3.8) is 0 Å². The highest BCUT2D eigenvalue weighted by molar-refractivity contribution is 4.73. The lowest BCUT2D eigenvalue weighted by atomic mass is 10.00. The zero-order valence-electron chi connectivity index (χ0n) is 12.3. The van der Waals surface area contributed by atoms with E-state index in [9.17, 15) is 0 Å². The second kappa shape index (κ2) is 8.10. The fourth-order valence-electron chi connectivity index (χ4n) is 2.84. The van der Waals surface area contributed by atoms with Gasteiger partial charge in [-0.1, -0.05) is 20.3 Å². The Balaban J connectivity index is 2.08. The van der Waals surface area contributed by atoms with Crippen LogP contribution in [0.2, 0.25) is 0 Å². The molecule has 0 saturated carbocycles. The number of nitrogens with zero attached hydrogens (tertiary/aromatic N) is 1. The van der Waals surface area contributed by atoms with Gasteiger partial charge in [0.25, 0.3) is 0 Å². The van der Waals surface area contributed by atoms with Crippen molar-refractivity contribution in [3.05, 3.63) is 0 Å². The molecule has 2 heteroatoms. The molecule has 0 radical (unpaired) electrons. The molecule has 1 aliphatic rings. The standard InChI is InChI=1S/C15H32N2/c1-13(2)12-14(3)17(4)11-7-9-15-8-5-6-10-16-15/h13-16H,5-12H2,1-4H3. The summed E-state index contributed by atoms with van der Waals surface area (Å²) < 4.78 is 0. The van der Waals surface area contributed by atoms with Crippen molar-refractivity contribution < 1.29 is 0 Å². The van der Waals surface area contributed by atoms with Gasteiger partial charge in [-0.2, -0.15) is 0 Å². The Morgan fingerprint density at radius 2 is 2.00 bits per heavy atom. The van der Waals surface area contributed by atoms with Crippen LogP contribution >= 0.6 is 0 Å². The topological polar surface area (TPSA) is 15.3 Å². The molecule has 0 amide bonds. The third kappa shape index (κ3) is 6.42. The maximum atomic E-state index is 3.64. The van der Waals surface area contributed by atoms with E-state index in [1.165, 1.54) is 51.6 Å². The van der Waals surface area contributed by atoms with Crippen molar-refractivity contribution in [1.29, 1.82) is 0 Å². The van der Waals surface area contributed by atoms with E-state index in [0.29, 0.717) is 0 Å². The van der Waals surface area contributed by atoms with Gasteiger partial charge < -0.3 is 10.2 Å². The highest BCUT2D eigenvalue weighted by Crippen LogP contribution is 2.14. The van der Waals surface area contributed by atoms with Crippen molar-refractivity contribution in [3.8, 4) is 0 Å². The first-order valence-corrected chi connectivity index (χ1v) is 7.53. The molecular formula is C15H32N2. The normalized spacial score (nSPS) is 23.3. The minimum Gasteiger partial charge on any atom is -0.314 e. The lowest BCUT2D eigenvalue weighted by molar-refractivity contribution is 0.219. The summed E-state index contributed by atoms with van der Waals surface area (Å²) in [6.45, 7) is 9.49. The zero-order valence-corrected chi connectivity index (χ0v) is 12.3. The van der Waals surface area contributed by atoms with Crippen LogP contribution in [0.25, 0.3) is 0 Å². The van der Waals surface area contributed by atoms with Gasteiger partial charge >= 0.3 is 0 Å². The van der Waals surface area contributed by atoms with Crippen molar-refractivity contribution in [2.75, 3.05) is 20.1 Å². The molecule has 1 saturated heterocycles. The smallest absolute Gasteiger partial charge is 0.00675 e. The van der Waals surface area contributed by atoms with Crippen molar-refractivity contribution >= 4 is 0 Å². The maximum absolute atomic E-state index is 3.64. The summed E-state index contributed by atoms with van der Waals surface area (Å²) in [5.41, 5.74) is 0. The Kier molecular flexibility index (Phi) is 7.14. The van der Waals surface area contributed by atoms with Gasteiger partial charge in [0.05, 0.1) is 0 Å². The summed E-state index contributed by atoms with van der Waals surface area (Å²) in [4.78, 5) is 2.53. The third-order valence-corrected chi connectivity index (χ3v) is 4.04. The Morgan fingerprint density at radius 3 is 2.59 bits per heavy atom. The molecule has 1 fully saturated rings. The average molecular weight is 240 g/mol. The second-order valence-electron chi connectivity index (χ2n) is 6.25. The molecule has 17 heavy (non-hydrogen) atoms. The summed E-state index contributed by atoms with van der Waals surface area (Å²) >= 11 is 0. The molecule has 1 rings (SSSR count). The van der Waals surface area contributed by atoms with E-state index in [1.807, 2.05) is 0 Å². The first-order chi connectivity index (χ1) is 8.09. The number of hydrogen-bond acceptors (Lipinski definition) is 2. The molecule has 2 atom stereocenters. The van der Waals surface area contributed by atoms with Gasteiger partial charge in [0.15, 0.2) is 0 Å². The Morgan fingerprint density at radius 1 is 1.24 bits per heavy atom. The van der Waals surface area contributed by atoms with Crippen LogP contribution in [-0.2, 0) is 0 Å². The van der Waals surface area contributed by atoms with Crippen LogP contribution < -0.4 is 5.32 Å². The lowest BCUT2D eigenvalue weighted by Crippen LogP contribution is -2.36. The van der Waals surface area contributed by atoms with E-state index >= 15 is 0 Å². The summed E-state index contributed by atoms with van der Waals surface area (Å²) in [5.74, 6) is 0.812. The molecule has 0 aromatic rings. The lowest BCUT2D eigenvalue weighted by Gasteiger charge is -2.28. The average Bonchev–Trinajstić information content (AvgIpc) is 2.29. The van der Waals surface area contributed by atoms with Crippen LogP contribution in [0.5, 0.6) is 0 Å². The quantitative estimate of drug-likeness (QED) is 0.735. The minimum absolute atomic E-state index is 0.731. The van der Waals surface area contributed by atoms with E-state index in [1.54, 1.807) is 0 Å². The van der Waals surface area contributed by atoms with Gasteiger partial charge in [-0.15, -0.1) is 0 Å². The van der Waals surface area contributed by atoms with E-state index in [2.05, 4.69) is 38.0 Å². The maximum Gasteiger partial charge on any atom is 0.00675 e. The summed E-state index contributed by atoms with van der Waals surface area (Å²) in [6, 6.07) is 1.53. The molecule has 0 bridgehead atoms. The number of piperidine rings is 1. The molecule has 0 aromatic carbocycles. The number of nitrogens with one attached hydrogen (secondary N) is 1. The fourth-order valence-corrected chi connectivity index (χ4v) is 2.84. The summed E-state index contributed by atoms with van der Waals surface area (Å²) in [7, 11) is 2.28. The molecule has 1 heterocycles. The highest BCUT2D eigenvalue weighted by atomic mass is 15.1. The Bertz CT molecular complexity index is 185.